The molecule has 1 aromatic rings. The molecule has 0 fully saturated rings. The Bertz CT molecular complexity index is 368. The summed E-state index contributed by atoms with van der Waals surface area (Å²) in [7, 11) is 1.61. The molecule has 1 heterocycles. The molecule has 0 bridgehead atoms. The first-order valence-corrected chi connectivity index (χ1v) is 4.68. The van der Waals surface area contributed by atoms with Gasteiger partial charge in [0.1, 0.15) is 6.61 Å². The molecule has 1 atom stereocenters. The number of nitrogen functional groups attached to an aromatic ring is 2. The van der Waals surface area contributed by atoms with Gasteiger partial charge in [0.15, 0.2) is 17.6 Å². The van der Waals surface area contributed by atoms with Crippen LogP contribution in [0.25, 0.3) is 0 Å². The van der Waals surface area contributed by atoms with Crippen LogP contribution in [0.4, 0.5) is 11.4 Å². The van der Waals surface area contributed by atoms with E-state index in [0.29, 0.717) is 36.1 Å². The van der Waals surface area contributed by atoms with Crippen molar-refractivity contribution in [2.75, 3.05) is 31.8 Å². The van der Waals surface area contributed by atoms with Gasteiger partial charge in [0.25, 0.3) is 0 Å². The molecule has 5 heteroatoms. The van der Waals surface area contributed by atoms with E-state index in [2.05, 4.69) is 0 Å². The van der Waals surface area contributed by atoms with E-state index in [9.17, 15) is 0 Å². The molecule has 0 radical (unpaired) electrons. The van der Waals surface area contributed by atoms with Crippen molar-refractivity contribution in [1.29, 1.82) is 0 Å². The summed E-state index contributed by atoms with van der Waals surface area (Å²) in [6.45, 7) is 0.891. The Labute approximate surface area is 87.9 Å². The Morgan fingerprint density at radius 3 is 2.67 bits per heavy atom. The van der Waals surface area contributed by atoms with Gasteiger partial charge < -0.3 is 25.7 Å². The van der Waals surface area contributed by atoms with Crippen LogP contribution < -0.4 is 20.9 Å². The van der Waals surface area contributed by atoms with E-state index in [4.69, 9.17) is 25.7 Å². The minimum atomic E-state index is -0.133. The summed E-state index contributed by atoms with van der Waals surface area (Å²) >= 11 is 0. The highest BCUT2D eigenvalue weighted by atomic mass is 16.6. The Kier molecular flexibility index (Phi) is 2.55. The zero-order chi connectivity index (χ0) is 10.8. The number of hydrogen-bond donors (Lipinski definition) is 2. The average Bonchev–Trinajstić information content (AvgIpc) is 2.24. The molecular weight excluding hydrogens is 196 g/mol. The molecule has 15 heavy (non-hydrogen) atoms. The lowest BCUT2D eigenvalue weighted by atomic mass is 10.2. The molecule has 1 aliphatic rings. The minimum Gasteiger partial charge on any atom is -0.484 e. The summed E-state index contributed by atoms with van der Waals surface area (Å²) in [5.74, 6) is 1.05. The van der Waals surface area contributed by atoms with Crippen LogP contribution in [0.5, 0.6) is 11.5 Å². The SMILES string of the molecule is COCC1COc2c(N)ccc(N)c2O1. The van der Waals surface area contributed by atoms with Crippen molar-refractivity contribution in [3.05, 3.63) is 12.1 Å². The van der Waals surface area contributed by atoms with Crippen LogP contribution >= 0.6 is 0 Å². The summed E-state index contributed by atoms with van der Waals surface area (Å²) in [5.41, 5.74) is 12.6. The van der Waals surface area contributed by atoms with Crippen LogP contribution in [0.2, 0.25) is 0 Å². The first-order valence-electron chi connectivity index (χ1n) is 4.68. The molecule has 82 valence electrons. The first kappa shape index (κ1) is 9.92. The Morgan fingerprint density at radius 1 is 1.33 bits per heavy atom. The summed E-state index contributed by atoms with van der Waals surface area (Å²) in [4.78, 5) is 0. The number of methoxy groups -OCH3 is 1. The lowest BCUT2D eigenvalue weighted by molar-refractivity contribution is 0.0283. The molecule has 1 unspecified atom stereocenters. The summed E-state index contributed by atoms with van der Waals surface area (Å²) in [6, 6.07) is 3.40. The molecule has 5 nitrogen and oxygen atoms in total. The third-order valence-electron chi connectivity index (χ3n) is 2.22. The van der Waals surface area contributed by atoms with Crippen LogP contribution in [-0.2, 0) is 4.74 Å². The fourth-order valence-electron chi connectivity index (χ4n) is 1.51. The standard InChI is InChI=1S/C10H14N2O3/c1-13-4-6-5-14-9-7(11)2-3-8(12)10(9)15-6/h2-3,6H,4-5,11-12H2,1H3. The lowest BCUT2D eigenvalue weighted by Crippen LogP contribution is -2.33. The van der Waals surface area contributed by atoms with Gasteiger partial charge in [0.2, 0.25) is 0 Å². The van der Waals surface area contributed by atoms with Crippen LogP contribution in [-0.4, -0.2) is 26.4 Å². The van der Waals surface area contributed by atoms with Gasteiger partial charge in [-0.15, -0.1) is 0 Å². The molecule has 1 aromatic carbocycles. The largest absolute Gasteiger partial charge is 0.484 e. The van der Waals surface area contributed by atoms with E-state index in [1.807, 2.05) is 0 Å². The second kappa shape index (κ2) is 3.86. The van der Waals surface area contributed by atoms with E-state index in [1.165, 1.54) is 0 Å². The molecule has 1 aliphatic heterocycles. The molecule has 0 amide bonds. The topological polar surface area (TPSA) is 79.7 Å². The third-order valence-corrected chi connectivity index (χ3v) is 2.22. The maximum absolute atomic E-state index is 5.77. The Balaban J connectivity index is 2.28. The van der Waals surface area contributed by atoms with Gasteiger partial charge in [-0.1, -0.05) is 0 Å². The van der Waals surface area contributed by atoms with E-state index in [-0.39, 0.29) is 6.10 Å². The van der Waals surface area contributed by atoms with Crippen molar-refractivity contribution >= 4 is 11.4 Å². The predicted octanol–water partition coefficient (Wildman–Crippen LogP) is 0.637. The molecule has 0 aromatic heterocycles. The lowest BCUT2D eigenvalue weighted by Gasteiger charge is -2.27. The maximum atomic E-state index is 5.77. The van der Waals surface area contributed by atoms with Crippen molar-refractivity contribution in [2.24, 2.45) is 0 Å². The Morgan fingerprint density at radius 2 is 2.00 bits per heavy atom. The molecule has 0 saturated heterocycles. The highest BCUT2D eigenvalue weighted by Gasteiger charge is 2.24. The van der Waals surface area contributed by atoms with Gasteiger partial charge in [-0.25, -0.2) is 0 Å². The fraction of sp³-hybridized carbons (Fsp3) is 0.400. The first-order chi connectivity index (χ1) is 7.22. The zero-order valence-electron chi connectivity index (χ0n) is 8.53. The van der Waals surface area contributed by atoms with Gasteiger partial charge in [0, 0.05) is 7.11 Å². The zero-order valence-corrected chi connectivity index (χ0v) is 8.53. The van der Waals surface area contributed by atoms with Crippen molar-refractivity contribution in [3.8, 4) is 11.5 Å². The van der Waals surface area contributed by atoms with Crippen molar-refractivity contribution in [3.63, 3.8) is 0 Å². The molecule has 2 rings (SSSR count). The molecule has 0 spiro atoms. The third kappa shape index (κ3) is 1.78. The van der Waals surface area contributed by atoms with Crippen LogP contribution in [0, 0.1) is 0 Å². The van der Waals surface area contributed by atoms with E-state index in [0.717, 1.165) is 0 Å². The summed E-state index contributed by atoms with van der Waals surface area (Å²) < 4.78 is 16.1. The van der Waals surface area contributed by atoms with E-state index in [1.54, 1.807) is 19.2 Å². The highest BCUT2D eigenvalue weighted by molar-refractivity contribution is 5.71. The van der Waals surface area contributed by atoms with Gasteiger partial charge in [0.05, 0.1) is 18.0 Å². The van der Waals surface area contributed by atoms with Gasteiger partial charge >= 0.3 is 0 Å². The Hall–Kier alpha value is -1.62. The predicted molar refractivity (Wildman–Crippen MR) is 57.1 cm³/mol. The highest BCUT2D eigenvalue weighted by Crippen LogP contribution is 2.41. The van der Waals surface area contributed by atoms with Gasteiger partial charge in [-0.05, 0) is 12.1 Å². The fourth-order valence-corrected chi connectivity index (χ4v) is 1.51. The minimum absolute atomic E-state index is 0.133. The van der Waals surface area contributed by atoms with Gasteiger partial charge in [-0.2, -0.15) is 0 Å². The molecule has 0 aliphatic carbocycles. The number of nitrogens with two attached hydrogens (primary N) is 2. The number of hydrogen-bond acceptors (Lipinski definition) is 5. The number of benzene rings is 1. The smallest absolute Gasteiger partial charge is 0.186 e. The van der Waals surface area contributed by atoms with Crippen molar-refractivity contribution in [1.82, 2.24) is 0 Å². The number of rotatable bonds is 2. The second-order valence-corrected chi connectivity index (χ2v) is 3.41. The quantitative estimate of drug-likeness (QED) is 0.700. The van der Waals surface area contributed by atoms with Crippen molar-refractivity contribution < 1.29 is 14.2 Å². The summed E-state index contributed by atoms with van der Waals surface area (Å²) in [5, 5.41) is 0. The monoisotopic (exact) mass is 210 g/mol. The molecule has 0 saturated carbocycles. The van der Waals surface area contributed by atoms with Crippen molar-refractivity contribution in [2.45, 2.75) is 6.10 Å². The summed E-state index contributed by atoms with van der Waals surface area (Å²) in [6.07, 6.45) is -0.133. The second-order valence-electron chi connectivity index (χ2n) is 3.41. The van der Waals surface area contributed by atoms with Crippen LogP contribution in [0.15, 0.2) is 12.1 Å². The van der Waals surface area contributed by atoms with Gasteiger partial charge in [-0.3, -0.25) is 0 Å². The van der Waals surface area contributed by atoms with Crippen LogP contribution in [0.1, 0.15) is 0 Å². The number of fused-ring (bicyclic) bond motifs is 1. The average molecular weight is 210 g/mol. The number of ether oxygens (including phenoxy) is 3. The maximum Gasteiger partial charge on any atom is 0.186 e. The van der Waals surface area contributed by atoms with E-state index < -0.39 is 0 Å². The molecular formula is C10H14N2O3. The van der Waals surface area contributed by atoms with E-state index >= 15 is 0 Å². The number of anilines is 2. The van der Waals surface area contributed by atoms with Crippen LogP contribution in [0.3, 0.4) is 0 Å². The molecule has 4 N–H and O–H groups in total. The normalized spacial score (nSPS) is 18.9.